The van der Waals surface area contributed by atoms with Crippen LogP contribution in [-0.4, -0.2) is 18.4 Å². The second-order valence-electron chi connectivity index (χ2n) is 10.2. The molecule has 0 saturated heterocycles. The van der Waals surface area contributed by atoms with E-state index in [-0.39, 0.29) is 11.5 Å². The van der Waals surface area contributed by atoms with Crippen LogP contribution in [0.1, 0.15) is 68.9 Å². The first-order valence-electron chi connectivity index (χ1n) is 13.8. The zero-order chi connectivity index (χ0) is 30.3. The fraction of sp³-hybridized carbons (Fsp3) is 0.333. The second-order valence-corrected chi connectivity index (χ2v) is 10.2. The van der Waals surface area contributed by atoms with Crippen molar-refractivity contribution in [2.45, 2.75) is 60.6 Å². The molecule has 2 aromatic rings. The number of benzene rings is 2. The van der Waals surface area contributed by atoms with Crippen molar-refractivity contribution in [3.05, 3.63) is 105 Å². The second kappa shape index (κ2) is 13.5. The summed E-state index contributed by atoms with van der Waals surface area (Å²) in [5, 5.41) is 9.01. The molecule has 1 aliphatic carbocycles. The number of aryl methyl sites for hydroxylation is 1. The minimum absolute atomic E-state index is 0.120. The van der Waals surface area contributed by atoms with Crippen molar-refractivity contribution < 1.29 is 22.8 Å². The number of allylic oxidation sites excluding steroid dienone is 6. The van der Waals surface area contributed by atoms with E-state index in [1.165, 1.54) is 23.3 Å². The molecule has 0 aromatic heterocycles. The van der Waals surface area contributed by atoms with E-state index in [4.69, 9.17) is 0 Å². The molecule has 8 heteroatoms. The number of carbonyl (C=O) groups excluding carboxylic acids is 2. The summed E-state index contributed by atoms with van der Waals surface area (Å²) in [5.74, 6) is -0.604. The van der Waals surface area contributed by atoms with Crippen molar-refractivity contribution in [3.63, 3.8) is 0 Å². The summed E-state index contributed by atoms with van der Waals surface area (Å²) < 4.78 is 39.3. The van der Waals surface area contributed by atoms with Gasteiger partial charge in [-0.05, 0) is 87.9 Å². The normalized spacial score (nSPS) is 18.1. The number of amides is 2. The third kappa shape index (κ3) is 7.78. The minimum atomic E-state index is -4.56. The molecule has 0 radical (unpaired) electrons. The number of carbonyl (C=O) groups is 2. The summed E-state index contributed by atoms with van der Waals surface area (Å²) in [6.45, 7) is 12.7. The lowest BCUT2D eigenvalue weighted by molar-refractivity contribution is -0.137. The predicted octanol–water partition coefficient (Wildman–Crippen LogP) is 8.34. The van der Waals surface area contributed by atoms with Gasteiger partial charge in [-0.25, -0.2) is 0 Å². The molecule has 2 amide bonds. The fourth-order valence-electron chi connectivity index (χ4n) is 4.68. The van der Waals surface area contributed by atoms with Gasteiger partial charge in [-0.3, -0.25) is 9.59 Å². The lowest BCUT2D eigenvalue weighted by atomic mass is 9.83. The topological polar surface area (TPSA) is 70.2 Å². The summed E-state index contributed by atoms with van der Waals surface area (Å²) in [6, 6.07) is 9.20. The van der Waals surface area contributed by atoms with Crippen LogP contribution in [0.4, 0.5) is 24.5 Å². The van der Waals surface area contributed by atoms with Gasteiger partial charge >= 0.3 is 6.18 Å². The van der Waals surface area contributed by atoms with E-state index in [1.54, 1.807) is 24.3 Å². The van der Waals surface area contributed by atoms with Gasteiger partial charge in [0.2, 0.25) is 0 Å². The highest BCUT2D eigenvalue weighted by Gasteiger charge is 2.31. The number of hydrogen-bond acceptors (Lipinski definition) is 3. The Bertz CT molecular complexity index is 1430. The van der Waals surface area contributed by atoms with Crippen LogP contribution < -0.4 is 16.0 Å². The van der Waals surface area contributed by atoms with Crippen molar-refractivity contribution in [3.8, 4) is 0 Å². The van der Waals surface area contributed by atoms with Gasteiger partial charge in [-0.1, -0.05) is 49.8 Å². The average Bonchev–Trinajstić information content (AvgIpc) is 2.94. The maximum Gasteiger partial charge on any atom is 0.416 e. The average molecular weight is 566 g/mol. The van der Waals surface area contributed by atoms with Crippen LogP contribution in [0.15, 0.2) is 88.7 Å². The van der Waals surface area contributed by atoms with Crippen LogP contribution in [0.25, 0.3) is 0 Å². The van der Waals surface area contributed by atoms with Crippen LogP contribution in [0, 0.1) is 12.8 Å². The maximum absolute atomic E-state index is 13.7. The predicted molar refractivity (Wildman–Crippen MR) is 160 cm³/mol. The van der Waals surface area contributed by atoms with Crippen LogP contribution in [-0.2, 0) is 11.0 Å². The quantitative estimate of drug-likeness (QED) is 0.282. The third-order valence-electron chi connectivity index (χ3n) is 7.11. The van der Waals surface area contributed by atoms with Crippen LogP contribution in [0.2, 0.25) is 0 Å². The van der Waals surface area contributed by atoms with Gasteiger partial charge in [0.25, 0.3) is 11.8 Å². The molecule has 5 nitrogen and oxygen atoms in total. The van der Waals surface area contributed by atoms with E-state index < -0.39 is 17.6 Å². The molecular weight excluding hydrogens is 527 g/mol. The number of alkyl halides is 3. The molecule has 2 aromatic carbocycles. The Hall–Kier alpha value is -4.07. The summed E-state index contributed by atoms with van der Waals surface area (Å²) >= 11 is 0. The molecule has 0 heterocycles. The molecule has 0 fully saturated rings. The lowest BCUT2D eigenvalue weighted by Gasteiger charge is -2.25. The molecule has 0 spiro atoms. The van der Waals surface area contributed by atoms with Crippen molar-refractivity contribution >= 4 is 23.2 Å². The van der Waals surface area contributed by atoms with Gasteiger partial charge < -0.3 is 16.0 Å². The monoisotopic (exact) mass is 565 g/mol. The molecule has 1 aliphatic rings. The van der Waals surface area contributed by atoms with Gasteiger partial charge in [0, 0.05) is 29.1 Å². The molecule has 41 heavy (non-hydrogen) atoms. The van der Waals surface area contributed by atoms with Gasteiger partial charge in [0.05, 0.1) is 16.8 Å². The van der Waals surface area contributed by atoms with Gasteiger partial charge in [-0.15, -0.1) is 0 Å². The van der Waals surface area contributed by atoms with Crippen LogP contribution in [0.3, 0.4) is 0 Å². The fourth-order valence-corrected chi connectivity index (χ4v) is 4.68. The number of anilines is 2. The molecule has 0 aliphatic heterocycles. The number of rotatable bonds is 8. The first-order chi connectivity index (χ1) is 19.4. The molecule has 0 bridgehead atoms. The van der Waals surface area contributed by atoms with Gasteiger partial charge in [0.15, 0.2) is 0 Å². The third-order valence-corrected chi connectivity index (χ3v) is 7.11. The number of halogens is 3. The summed E-state index contributed by atoms with van der Waals surface area (Å²) in [7, 11) is 0. The highest BCUT2D eigenvalue weighted by Crippen LogP contribution is 2.34. The minimum Gasteiger partial charge on any atom is -0.384 e. The largest absolute Gasteiger partial charge is 0.416 e. The van der Waals surface area contributed by atoms with E-state index in [1.807, 2.05) is 20.8 Å². The Morgan fingerprint density at radius 1 is 1.07 bits per heavy atom. The van der Waals surface area contributed by atoms with Gasteiger partial charge in [0.1, 0.15) is 0 Å². The Labute approximate surface area is 240 Å². The standard InChI is InChI=1S/C33H38F3N3O2/c1-7-21(5)28-17-20(4)13-16-27(28)30(37-9-3)26(8-2)32(41)39-29-19-25(15-14-22(29)6)38-31(40)23-11-10-12-24(18-23)33(34,35)36/h8,10-16,18-20,37H,7,9,17H2,1-6H3,(H,38,40)(H,39,41)/b26-8+,28-21+,30-27+. The van der Waals surface area contributed by atoms with Crippen LogP contribution >= 0.6 is 0 Å². The number of nitrogens with one attached hydrogen (secondary N) is 3. The van der Waals surface area contributed by atoms with E-state index in [2.05, 4.69) is 48.9 Å². The molecule has 1 atom stereocenters. The summed E-state index contributed by atoms with van der Waals surface area (Å²) in [4.78, 5) is 26.4. The molecular formula is C33H38F3N3O2. The number of likely N-dealkylation sites (N-methyl/N-ethyl adjacent to an activating group) is 1. The van der Waals surface area contributed by atoms with Crippen molar-refractivity contribution in [1.82, 2.24) is 5.32 Å². The Morgan fingerprint density at radius 2 is 1.80 bits per heavy atom. The molecule has 0 saturated carbocycles. The van der Waals surface area contributed by atoms with Crippen molar-refractivity contribution in [2.75, 3.05) is 17.2 Å². The molecule has 218 valence electrons. The Kier molecular flexibility index (Phi) is 10.4. The van der Waals surface area contributed by atoms with E-state index >= 15 is 0 Å². The Morgan fingerprint density at radius 3 is 2.44 bits per heavy atom. The summed E-state index contributed by atoms with van der Waals surface area (Å²) in [6.07, 6.45) is 3.28. The van der Waals surface area contributed by atoms with Crippen molar-refractivity contribution in [2.24, 2.45) is 5.92 Å². The zero-order valence-electron chi connectivity index (χ0n) is 24.4. The van der Waals surface area contributed by atoms with E-state index in [0.29, 0.717) is 29.4 Å². The van der Waals surface area contributed by atoms with Crippen molar-refractivity contribution in [1.29, 1.82) is 0 Å². The maximum atomic E-state index is 13.7. The highest BCUT2D eigenvalue weighted by atomic mass is 19.4. The Balaban J connectivity index is 1.91. The first-order valence-corrected chi connectivity index (χ1v) is 13.8. The molecule has 3 rings (SSSR count). The smallest absolute Gasteiger partial charge is 0.384 e. The highest BCUT2D eigenvalue weighted by molar-refractivity contribution is 6.08. The zero-order valence-corrected chi connectivity index (χ0v) is 24.4. The van der Waals surface area contributed by atoms with E-state index in [9.17, 15) is 22.8 Å². The lowest BCUT2D eigenvalue weighted by Crippen LogP contribution is -2.26. The van der Waals surface area contributed by atoms with Gasteiger partial charge in [-0.2, -0.15) is 13.2 Å². The first kappa shape index (κ1) is 31.5. The number of hydrogen-bond donors (Lipinski definition) is 3. The molecule has 1 unspecified atom stereocenters. The van der Waals surface area contributed by atoms with Crippen LogP contribution in [0.5, 0.6) is 0 Å². The SMILES string of the molecule is C\C=C(C(=O)Nc1cc(NC(=O)c2cccc(C(F)(F)F)c2)ccc1C)/C(NCC)=C1/C=CC(C)C/C1=C(/C)CC. The summed E-state index contributed by atoms with van der Waals surface area (Å²) in [5.41, 5.74) is 5.32. The molecule has 3 N–H and O–H groups in total. The van der Waals surface area contributed by atoms with E-state index in [0.717, 1.165) is 41.8 Å².